The number of sulfonamides is 2. The van der Waals surface area contributed by atoms with E-state index in [9.17, 15) is 21.6 Å². The second-order valence-corrected chi connectivity index (χ2v) is 10.3. The van der Waals surface area contributed by atoms with Crippen molar-refractivity contribution >= 4 is 37.3 Å². The van der Waals surface area contributed by atoms with Crippen LogP contribution in [0.3, 0.4) is 0 Å². The van der Waals surface area contributed by atoms with Crippen LogP contribution in [0.15, 0.2) is 53.4 Å². The minimum Gasteiger partial charge on any atom is -0.322 e. The highest BCUT2D eigenvalue weighted by atomic mass is 32.2. The van der Waals surface area contributed by atoms with E-state index in [4.69, 9.17) is 0 Å². The lowest BCUT2D eigenvalue weighted by atomic mass is 10.2. The Morgan fingerprint density at radius 1 is 0.900 bits per heavy atom. The average molecular weight is 454 g/mol. The summed E-state index contributed by atoms with van der Waals surface area (Å²) >= 11 is 0. The third-order valence-electron chi connectivity index (χ3n) is 4.33. The van der Waals surface area contributed by atoms with Crippen molar-refractivity contribution in [2.75, 3.05) is 28.9 Å². The third kappa shape index (κ3) is 6.04. The lowest BCUT2D eigenvalue weighted by Crippen LogP contribution is -2.30. The Bertz CT molecular complexity index is 1080. The predicted octanol–water partition coefficient (Wildman–Crippen LogP) is 3.12. The second kappa shape index (κ2) is 10.1. The van der Waals surface area contributed by atoms with Crippen molar-refractivity contribution in [3.05, 3.63) is 54.1 Å². The summed E-state index contributed by atoms with van der Waals surface area (Å²) in [6, 6.07) is 12.1. The molecule has 0 saturated heterocycles. The van der Waals surface area contributed by atoms with Gasteiger partial charge in [-0.25, -0.2) is 16.8 Å². The molecule has 0 aliphatic rings. The quantitative estimate of drug-likeness (QED) is 0.574. The summed E-state index contributed by atoms with van der Waals surface area (Å²) in [5, 5.41) is 2.68. The van der Waals surface area contributed by atoms with E-state index in [0.717, 1.165) is 0 Å². The average Bonchev–Trinajstić information content (AvgIpc) is 2.70. The van der Waals surface area contributed by atoms with Gasteiger partial charge in [-0.3, -0.25) is 9.52 Å². The van der Waals surface area contributed by atoms with Crippen LogP contribution in [0, 0.1) is 0 Å². The van der Waals surface area contributed by atoms with Crippen LogP contribution in [0.4, 0.5) is 11.4 Å². The molecule has 10 heteroatoms. The molecule has 0 aliphatic heterocycles. The topological polar surface area (TPSA) is 113 Å². The number of anilines is 2. The fraction of sp³-hybridized carbons (Fsp3) is 0.350. The van der Waals surface area contributed by atoms with Gasteiger partial charge in [0.2, 0.25) is 20.0 Å². The molecular weight excluding hydrogens is 426 g/mol. The first-order valence-corrected chi connectivity index (χ1v) is 12.7. The Morgan fingerprint density at radius 3 is 2.07 bits per heavy atom. The zero-order chi connectivity index (χ0) is 22.4. The molecule has 2 aromatic carbocycles. The van der Waals surface area contributed by atoms with Gasteiger partial charge in [-0.2, -0.15) is 4.31 Å². The predicted molar refractivity (Wildman–Crippen MR) is 119 cm³/mol. The molecule has 0 heterocycles. The van der Waals surface area contributed by atoms with Gasteiger partial charge in [0.15, 0.2) is 0 Å². The van der Waals surface area contributed by atoms with E-state index < -0.39 is 26.0 Å². The number of benzene rings is 2. The normalized spacial score (nSPS) is 12.0. The zero-order valence-electron chi connectivity index (χ0n) is 17.3. The van der Waals surface area contributed by atoms with Gasteiger partial charge in [-0.15, -0.1) is 0 Å². The van der Waals surface area contributed by atoms with Crippen LogP contribution in [0.2, 0.25) is 0 Å². The molecule has 0 unspecified atom stereocenters. The maximum atomic E-state index is 12.7. The van der Waals surface area contributed by atoms with E-state index >= 15 is 0 Å². The van der Waals surface area contributed by atoms with Crippen molar-refractivity contribution in [1.29, 1.82) is 0 Å². The smallest absolute Gasteiger partial charge is 0.255 e. The summed E-state index contributed by atoms with van der Waals surface area (Å²) in [7, 11) is -7.06. The van der Waals surface area contributed by atoms with Crippen molar-refractivity contribution in [1.82, 2.24) is 4.31 Å². The molecule has 0 fully saturated rings. The molecule has 0 aromatic heterocycles. The summed E-state index contributed by atoms with van der Waals surface area (Å²) in [5.74, 6) is -0.441. The highest BCUT2D eigenvalue weighted by Crippen LogP contribution is 2.19. The second-order valence-electron chi connectivity index (χ2n) is 6.57. The van der Waals surface area contributed by atoms with Crippen LogP contribution in [0.25, 0.3) is 0 Å². The molecule has 0 aliphatic carbocycles. The Hall–Kier alpha value is -2.43. The van der Waals surface area contributed by atoms with Crippen LogP contribution >= 0.6 is 0 Å². The third-order valence-corrected chi connectivity index (χ3v) is 7.87. The van der Waals surface area contributed by atoms with Crippen LogP contribution in [-0.2, 0) is 20.0 Å². The standard InChI is InChI=1S/C20H27N3O5S2/c1-4-14-29(25,26)22-18-12-10-17(11-13-18)21-20(24)16-8-7-9-19(15-16)30(27,28)23(5-2)6-3/h7-13,15,22H,4-6,14H2,1-3H3,(H,21,24). The van der Waals surface area contributed by atoms with Crippen molar-refractivity contribution in [3.63, 3.8) is 0 Å². The summed E-state index contributed by atoms with van der Waals surface area (Å²) < 4.78 is 52.8. The first-order valence-electron chi connectivity index (χ1n) is 9.65. The molecular formula is C20H27N3O5S2. The number of carbonyl (C=O) groups is 1. The molecule has 164 valence electrons. The van der Waals surface area contributed by atoms with Crippen molar-refractivity contribution in [3.8, 4) is 0 Å². The Morgan fingerprint density at radius 2 is 1.50 bits per heavy atom. The molecule has 2 aromatic rings. The van der Waals surface area contributed by atoms with Crippen LogP contribution in [-0.4, -0.2) is 45.9 Å². The maximum absolute atomic E-state index is 12.7. The first-order chi connectivity index (χ1) is 14.1. The van der Waals surface area contributed by atoms with Gasteiger partial charge in [-0.05, 0) is 48.9 Å². The fourth-order valence-corrected chi connectivity index (χ4v) is 5.47. The Kier molecular flexibility index (Phi) is 7.99. The minimum absolute atomic E-state index is 0.0260. The lowest BCUT2D eigenvalue weighted by Gasteiger charge is -2.18. The highest BCUT2D eigenvalue weighted by Gasteiger charge is 2.22. The van der Waals surface area contributed by atoms with Gasteiger partial charge in [-0.1, -0.05) is 26.8 Å². The van der Waals surface area contributed by atoms with Crippen LogP contribution < -0.4 is 10.0 Å². The monoisotopic (exact) mass is 453 g/mol. The zero-order valence-corrected chi connectivity index (χ0v) is 18.9. The van der Waals surface area contributed by atoms with Gasteiger partial charge >= 0.3 is 0 Å². The highest BCUT2D eigenvalue weighted by molar-refractivity contribution is 7.92. The number of nitrogens with zero attached hydrogens (tertiary/aromatic N) is 1. The van der Waals surface area contributed by atoms with Gasteiger partial charge < -0.3 is 5.32 Å². The molecule has 2 N–H and O–H groups in total. The number of amides is 1. The molecule has 2 rings (SSSR count). The number of carbonyl (C=O) groups excluding carboxylic acids is 1. The fourth-order valence-electron chi connectivity index (χ4n) is 2.83. The molecule has 0 atom stereocenters. The van der Waals surface area contributed by atoms with Gasteiger partial charge in [0.1, 0.15) is 0 Å². The first kappa shape index (κ1) is 23.8. The minimum atomic E-state index is -3.67. The van der Waals surface area contributed by atoms with Crippen LogP contribution in [0.1, 0.15) is 37.6 Å². The Labute approximate surface area is 178 Å². The molecule has 0 saturated carbocycles. The van der Waals surface area contributed by atoms with Crippen molar-refractivity contribution < 1.29 is 21.6 Å². The van der Waals surface area contributed by atoms with Gasteiger partial charge in [0.05, 0.1) is 10.6 Å². The summed E-state index contributed by atoms with van der Waals surface area (Å²) in [4.78, 5) is 12.6. The van der Waals surface area contributed by atoms with Crippen molar-refractivity contribution in [2.24, 2.45) is 0 Å². The van der Waals surface area contributed by atoms with Gasteiger partial charge in [0.25, 0.3) is 5.91 Å². The summed E-state index contributed by atoms with van der Waals surface area (Å²) in [6.45, 7) is 5.96. The van der Waals surface area contributed by atoms with E-state index in [1.54, 1.807) is 45.0 Å². The van der Waals surface area contributed by atoms with E-state index in [-0.39, 0.29) is 16.2 Å². The molecule has 0 spiro atoms. The number of rotatable bonds is 10. The number of hydrogen-bond donors (Lipinski definition) is 2. The van der Waals surface area contributed by atoms with Gasteiger partial charge in [0, 0.05) is 30.0 Å². The summed E-state index contributed by atoms with van der Waals surface area (Å²) in [5.41, 5.74) is 1.06. The SMILES string of the molecule is CCCS(=O)(=O)Nc1ccc(NC(=O)c2cccc(S(=O)(=O)N(CC)CC)c2)cc1. The number of nitrogens with one attached hydrogen (secondary N) is 2. The molecule has 1 amide bonds. The molecule has 0 radical (unpaired) electrons. The van der Waals surface area contributed by atoms with E-state index in [0.29, 0.717) is 30.9 Å². The Balaban J connectivity index is 2.15. The summed E-state index contributed by atoms with van der Waals surface area (Å²) in [6.07, 6.45) is 0.506. The largest absolute Gasteiger partial charge is 0.322 e. The molecule has 8 nitrogen and oxygen atoms in total. The van der Waals surface area contributed by atoms with E-state index in [1.165, 1.54) is 28.6 Å². The van der Waals surface area contributed by atoms with E-state index in [1.807, 2.05) is 0 Å². The maximum Gasteiger partial charge on any atom is 0.255 e. The molecule has 0 bridgehead atoms. The van der Waals surface area contributed by atoms with Crippen molar-refractivity contribution in [2.45, 2.75) is 32.1 Å². The van der Waals surface area contributed by atoms with E-state index in [2.05, 4.69) is 10.0 Å². The van der Waals surface area contributed by atoms with Crippen LogP contribution in [0.5, 0.6) is 0 Å². The number of hydrogen-bond acceptors (Lipinski definition) is 5. The lowest BCUT2D eigenvalue weighted by molar-refractivity contribution is 0.102. The molecule has 30 heavy (non-hydrogen) atoms.